The van der Waals surface area contributed by atoms with Gasteiger partial charge in [0.05, 0.1) is 6.61 Å². The van der Waals surface area contributed by atoms with Crippen LogP contribution in [0, 0.1) is 19.8 Å². The van der Waals surface area contributed by atoms with Gasteiger partial charge in [-0.3, -0.25) is 0 Å². The normalized spacial score (nSPS) is 19.8. The van der Waals surface area contributed by atoms with Crippen molar-refractivity contribution >= 4 is 0 Å². The van der Waals surface area contributed by atoms with Gasteiger partial charge in [0.25, 0.3) is 0 Å². The van der Waals surface area contributed by atoms with Crippen molar-refractivity contribution in [2.45, 2.75) is 33.3 Å². The summed E-state index contributed by atoms with van der Waals surface area (Å²) in [7, 11) is 0. The lowest BCUT2D eigenvalue weighted by Crippen LogP contribution is -2.10. The van der Waals surface area contributed by atoms with Crippen molar-refractivity contribution in [2.24, 2.45) is 5.92 Å². The molecule has 2 heteroatoms. The molecule has 17 heavy (non-hydrogen) atoms. The summed E-state index contributed by atoms with van der Waals surface area (Å²) in [5.74, 6) is 0.827. The smallest absolute Gasteiger partial charge is 0.0719 e. The standard InChI is InChI=1S/C15H23NO/c1-12-3-4-13(2)15(9-12)11-17-8-6-14-5-7-16-10-14/h3-4,9,14,16H,5-8,10-11H2,1-2H3. The van der Waals surface area contributed by atoms with Crippen LogP contribution in [0.1, 0.15) is 29.5 Å². The van der Waals surface area contributed by atoms with E-state index in [1.54, 1.807) is 0 Å². The predicted octanol–water partition coefficient (Wildman–Crippen LogP) is 2.82. The first-order valence-electron chi connectivity index (χ1n) is 6.60. The lowest BCUT2D eigenvalue weighted by atomic mass is 10.1. The summed E-state index contributed by atoms with van der Waals surface area (Å²) in [6, 6.07) is 6.56. The molecule has 0 aliphatic carbocycles. The van der Waals surface area contributed by atoms with Crippen molar-refractivity contribution in [3.63, 3.8) is 0 Å². The van der Waals surface area contributed by atoms with Gasteiger partial charge >= 0.3 is 0 Å². The van der Waals surface area contributed by atoms with Crippen molar-refractivity contribution in [1.29, 1.82) is 0 Å². The molecule has 1 unspecified atom stereocenters. The van der Waals surface area contributed by atoms with E-state index in [-0.39, 0.29) is 0 Å². The van der Waals surface area contributed by atoms with E-state index in [2.05, 4.69) is 37.4 Å². The van der Waals surface area contributed by atoms with E-state index in [1.807, 2.05) is 0 Å². The largest absolute Gasteiger partial charge is 0.377 e. The zero-order valence-corrected chi connectivity index (χ0v) is 11.0. The zero-order chi connectivity index (χ0) is 12.1. The van der Waals surface area contributed by atoms with Gasteiger partial charge < -0.3 is 10.1 Å². The second kappa shape index (κ2) is 6.18. The predicted molar refractivity (Wildman–Crippen MR) is 71.2 cm³/mol. The first-order chi connectivity index (χ1) is 8.25. The maximum absolute atomic E-state index is 5.79. The van der Waals surface area contributed by atoms with Crippen LogP contribution in [0.3, 0.4) is 0 Å². The molecule has 0 amide bonds. The minimum atomic E-state index is 0.758. The number of rotatable bonds is 5. The number of ether oxygens (including phenoxy) is 1. The molecule has 1 aliphatic heterocycles. The first-order valence-corrected chi connectivity index (χ1v) is 6.60. The molecule has 94 valence electrons. The Hall–Kier alpha value is -0.860. The maximum Gasteiger partial charge on any atom is 0.0719 e. The number of benzene rings is 1. The van der Waals surface area contributed by atoms with E-state index in [0.29, 0.717) is 0 Å². The van der Waals surface area contributed by atoms with E-state index >= 15 is 0 Å². The Morgan fingerprint density at radius 2 is 2.24 bits per heavy atom. The van der Waals surface area contributed by atoms with Gasteiger partial charge in [-0.25, -0.2) is 0 Å². The lowest BCUT2D eigenvalue weighted by Gasteiger charge is -2.10. The summed E-state index contributed by atoms with van der Waals surface area (Å²) in [5, 5.41) is 3.39. The SMILES string of the molecule is Cc1ccc(C)c(COCCC2CCNC2)c1. The summed E-state index contributed by atoms with van der Waals surface area (Å²) >= 11 is 0. The van der Waals surface area contributed by atoms with Gasteiger partial charge in [-0.05, 0) is 56.8 Å². The molecule has 1 aromatic carbocycles. The number of hydrogen-bond donors (Lipinski definition) is 1. The Bertz CT molecular complexity index is 356. The van der Waals surface area contributed by atoms with Crippen LogP contribution in [0.5, 0.6) is 0 Å². The summed E-state index contributed by atoms with van der Waals surface area (Å²) in [5.41, 5.74) is 3.97. The molecule has 0 spiro atoms. The average Bonchev–Trinajstić information content (AvgIpc) is 2.82. The quantitative estimate of drug-likeness (QED) is 0.790. The van der Waals surface area contributed by atoms with Crippen LogP contribution >= 0.6 is 0 Å². The summed E-state index contributed by atoms with van der Waals surface area (Å²) in [6.07, 6.45) is 2.50. The van der Waals surface area contributed by atoms with Gasteiger partial charge in [-0.15, -0.1) is 0 Å². The third kappa shape index (κ3) is 3.83. The number of hydrogen-bond acceptors (Lipinski definition) is 2. The highest BCUT2D eigenvalue weighted by molar-refractivity contribution is 5.29. The van der Waals surface area contributed by atoms with Gasteiger partial charge in [-0.1, -0.05) is 23.8 Å². The van der Waals surface area contributed by atoms with Crippen LogP contribution in [0.25, 0.3) is 0 Å². The summed E-state index contributed by atoms with van der Waals surface area (Å²) in [4.78, 5) is 0. The fraction of sp³-hybridized carbons (Fsp3) is 0.600. The van der Waals surface area contributed by atoms with Crippen molar-refractivity contribution in [1.82, 2.24) is 5.32 Å². The van der Waals surface area contributed by atoms with Crippen LogP contribution in [0.2, 0.25) is 0 Å². The van der Waals surface area contributed by atoms with Gasteiger partial charge in [0.2, 0.25) is 0 Å². The molecule has 0 saturated carbocycles. The molecule has 0 bridgehead atoms. The van der Waals surface area contributed by atoms with Crippen LogP contribution in [0.15, 0.2) is 18.2 Å². The monoisotopic (exact) mass is 233 g/mol. The number of aryl methyl sites for hydroxylation is 2. The summed E-state index contributed by atoms with van der Waals surface area (Å²) in [6.45, 7) is 8.29. The summed E-state index contributed by atoms with van der Waals surface area (Å²) < 4.78 is 5.79. The van der Waals surface area contributed by atoms with Crippen molar-refractivity contribution in [3.05, 3.63) is 34.9 Å². The highest BCUT2D eigenvalue weighted by atomic mass is 16.5. The van der Waals surface area contributed by atoms with Gasteiger partial charge in [0, 0.05) is 6.61 Å². The first kappa shape index (κ1) is 12.6. The molecule has 1 heterocycles. The molecular formula is C15H23NO. The van der Waals surface area contributed by atoms with Crippen molar-refractivity contribution in [2.75, 3.05) is 19.7 Å². The Morgan fingerprint density at radius 1 is 1.35 bits per heavy atom. The molecule has 0 radical (unpaired) electrons. The molecule has 1 saturated heterocycles. The zero-order valence-electron chi connectivity index (χ0n) is 11.0. The highest BCUT2D eigenvalue weighted by Gasteiger charge is 2.13. The Kier molecular flexibility index (Phi) is 4.57. The molecule has 1 aromatic rings. The molecule has 1 N–H and O–H groups in total. The van der Waals surface area contributed by atoms with Crippen LogP contribution in [0.4, 0.5) is 0 Å². The van der Waals surface area contributed by atoms with E-state index in [1.165, 1.54) is 42.6 Å². The third-order valence-corrected chi connectivity index (χ3v) is 3.60. The van der Waals surface area contributed by atoms with E-state index in [4.69, 9.17) is 4.74 Å². The molecule has 2 nitrogen and oxygen atoms in total. The molecule has 1 fully saturated rings. The van der Waals surface area contributed by atoms with E-state index < -0.39 is 0 Å². The van der Waals surface area contributed by atoms with Gasteiger partial charge in [-0.2, -0.15) is 0 Å². The third-order valence-electron chi connectivity index (χ3n) is 3.60. The topological polar surface area (TPSA) is 21.3 Å². The Morgan fingerprint density at radius 3 is 3.00 bits per heavy atom. The van der Waals surface area contributed by atoms with Crippen molar-refractivity contribution < 1.29 is 4.74 Å². The van der Waals surface area contributed by atoms with E-state index in [9.17, 15) is 0 Å². The van der Waals surface area contributed by atoms with Gasteiger partial charge in [0.15, 0.2) is 0 Å². The second-order valence-electron chi connectivity index (χ2n) is 5.13. The minimum absolute atomic E-state index is 0.758. The average molecular weight is 233 g/mol. The Balaban J connectivity index is 1.72. The maximum atomic E-state index is 5.79. The highest BCUT2D eigenvalue weighted by Crippen LogP contribution is 2.14. The lowest BCUT2D eigenvalue weighted by molar-refractivity contribution is 0.108. The van der Waals surface area contributed by atoms with Crippen LogP contribution in [-0.2, 0) is 11.3 Å². The van der Waals surface area contributed by atoms with Crippen LogP contribution < -0.4 is 5.32 Å². The fourth-order valence-corrected chi connectivity index (χ4v) is 2.35. The molecule has 2 rings (SSSR count). The molecule has 0 aromatic heterocycles. The second-order valence-corrected chi connectivity index (χ2v) is 5.13. The molecular weight excluding hydrogens is 210 g/mol. The fourth-order valence-electron chi connectivity index (χ4n) is 2.35. The Labute approximate surface area is 104 Å². The van der Waals surface area contributed by atoms with Crippen LogP contribution in [-0.4, -0.2) is 19.7 Å². The molecule has 1 atom stereocenters. The van der Waals surface area contributed by atoms with E-state index in [0.717, 1.165) is 19.1 Å². The minimum Gasteiger partial charge on any atom is -0.377 e. The molecule has 1 aliphatic rings. The number of nitrogens with one attached hydrogen (secondary N) is 1. The van der Waals surface area contributed by atoms with Crippen molar-refractivity contribution in [3.8, 4) is 0 Å². The van der Waals surface area contributed by atoms with Gasteiger partial charge in [0.1, 0.15) is 0 Å².